The summed E-state index contributed by atoms with van der Waals surface area (Å²) in [5.41, 5.74) is -4.24. The fraction of sp³-hybridized carbons (Fsp3) is 0.947. The molecular weight excluding hydrogens is 678 g/mol. The maximum Gasteiger partial charge on any atom is 0.311 e. The molecule has 3 aliphatic rings. The zero-order chi connectivity index (χ0) is 39.7. The van der Waals surface area contributed by atoms with E-state index in [0.717, 1.165) is 0 Å². The summed E-state index contributed by atoms with van der Waals surface area (Å²) in [4.78, 5) is 30.1. The standard InChI is InChI=1S/C38H69NO13/c1-15-26-38(10,45)31(42)21(4)28(40)19(2)17-37(9,47-14)33(52-35-29(41)25(39(11)12)16-20(3)48-35)22(5)30(23(6)34(44)50-26)51-27-18-36(8,46-13)32(43)24(7)49-27/h19-27,29-33,35,41-43,45H,15-18H2,1-14H3/t19-,20+,21-,22-,23+,24-,25-,26+,27-,29+,30-,31+,32-,33+,35-,36+,37?,38+/m0/s1. The molecule has 18 atom stereocenters. The lowest BCUT2D eigenvalue weighted by Crippen LogP contribution is -2.61. The topological polar surface area (TPSA) is 183 Å². The number of carbonyl (C=O) groups is 2. The Balaban J connectivity index is 2.22. The summed E-state index contributed by atoms with van der Waals surface area (Å²) in [6, 6.07) is -0.283. The molecule has 14 nitrogen and oxygen atoms in total. The lowest BCUT2D eigenvalue weighted by Gasteiger charge is -2.50. The molecule has 0 aromatic rings. The summed E-state index contributed by atoms with van der Waals surface area (Å²) in [5.74, 6) is -4.47. The van der Waals surface area contributed by atoms with Gasteiger partial charge in [-0.15, -0.1) is 0 Å². The Morgan fingerprint density at radius 2 is 1.44 bits per heavy atom. The quantitative estimate of drug-likeness (QED) is 0.266. The Bertz CT molecular complexity index is 1190. The lowest BCUT2D eigenvalue weighted by molar-refractivity contribution is -0.319. The number of ether oxygens (including phenoxy) is 7. The van der Waals surface area contributed by atoms with Gasteiger partial charge in [0.25, 0.3) is 0 Å². The van der Waals surface area contributed by atoms with Crippen LogP contribution in [-0.4, -0.2) is 150 Å². The average Bonchev–Trinajstić information content (AvgIpc) is 3.09. The zero-order valence-electron chi connectivity index (χ0n) is 33.9. The van der Waals surface area contributed by atoms with Crippen LogP contribution < -0.4 is 0 Å². The highest BCUT2D eigenvalue weighted by molar-refractivity contribution is 5.83. The monoisotopic (exact) mass is 747 g/mol. The highest BCUT2D eigenvalue weighted by Gasteiger charge is 2.54. The van der Waals surface area contributed by atoms with E-state index in [-0.39, 0.29) is 37.2 Å². The van der Waals surface area contributed by atoms with Crippen molar-refractivity contribution in [1.29, 1.82) is 0 Å². The minimum atomic E-state index is -1.96. The van der Waals surface area contributed by atoms with Gasteiger partial charge in [-0.1, -0.05) is 27.7 Å². The minimum absolute atomic E-state index is 0.111. The number of esters is 1. The lowest BCUT2D eigenvalue weighted by atomic mass is 9.74. The number of cyclic esters (lactones) is 1. The van der Waals surface area contributed by atoms with E-state index in [4.69, 9.17) is 33.2 Å². The summed E-state index contributed by atoms with van der Waals surface area (Å²) < 4.78 is 43.9. The van der Waals surface area contributed by atoms with Gasteiger partial charge in [-0.25, -0.2) is 0 Å². The second-order valence-corrected chi connectivity index (χ2v) is 16.6. The van der Waals surface area contributed by atoms with Crippen LogP contribution in [0.4, 0.5) is 0 Å². The van der Waals surface area contributed by atoms with Gasteiger partial charge in [0.1, 0.15) is 29.7 Å². The van der Waals surface area contributed by atoms with E-state index >= 15 is 0 Å². The molecular formula is C38H69NO13. The van der Waals surface area contributed by atoms with Crippen LogP contribution in [0.15, 0.2) is 0 Å². The molecule has 0 bridgehead atoms. The van der Waals surface area contributed by atoms with Crippen molar-refractivity contribution in [3.05, 3.63) is 0 Å². The third kappa shape index (κ3) is 9.38. The maximum atomic E-state index is 14.2. The van der Waals surface area contributed by atoms with Gasteiger partial charge in [0.05, 0.1) is 47.6 Å². The summed E-state index contributed by atoms with van der Waals surface area (Å²) in [6.07, 6.45) is -8.73. The first kappa shape index (κ1) is 45.1. The summed E-state index contributed by atoms with van der Waals surface area (Å²) in [5, 5.41) is 45.6. The van der Waals surface area contributed by atoms with E-state index < -0.39 is 102 Å². The number of methoxy groups -OCH3 is 2. The molecule has 3 saturated heterocycles. The van der Waals surface area contributed by atoms with Crippen molar-refractivity contribution in [3.63, 3.8) is 0 Å². The molecule has 0 saturated carbocycles. The normalized spacial score (nSPS) is 49.0. The molecule has 3 aliphatic heterocycles. The predicted octanol–water partition coefficient (Wildman–Crippen LogP) is 2.44. The maximum absolute atomic E-state index is 14.2. The molecule has 3 rings (SSSR count). The van der Waals surface area contributed by atoms with E-state index in [1.54, 1.807) is 48.5 Å². The number of nitrogens with zero attached hydrogens (tertiary/aromatic N) is 1. The van der Waals surface area contributed by atoms with E-state index in [1.807, 2.05) is 32.8 Å². The largest absolute Gasteiger partial charge is 0.459 e. The number of aliphatic hydroxyl groups is 4. The molecule has 0 amide bonds. The van der Waals surface area contributed by atoms with Crippen LogP contribution >= 0.6 is 0 Å². The van der Waals surface area contributed by atoms with Crippen molar-refractivity contribution in [2.75, 3.05) is 28.3 Å². The van der Waals surface area contributed by atoms with Crippen molar-refractivity contribution in [2.24, 2.45) is 23.7 Å². The SMILES string of the molecule is CC[C@H]1OC(=O)[C@H](C)[C@@H](O[C@H]2C[C@@](C)(OC)[C@@H](O)[C@H](C)O2)[C@H](C)[C@@H](O[C@@H]2O[C@H](C)C[C@H](N(C)C)[C@H]2O)C(C)(OC)C[C@H](C)C(=O)[C@H](C)[C@@H](O)[C@]1(C)O. The average molecular weight is 748 g/mol. The molecule has 14 heteroatoms. The van der Waals surface area contributed by atoms with Gasteiger partial charge < -0.3 is 58.5 Å². The Morgan fingerprint density at radius 3 is 1.98 bits per heavy atom. The first-order chi connectivity index (χ1) is 24.0. The Kier molecular flexibility index (Phi) is 15.3. The van der Waals surface area contributed by atoms with Crippen LogP contribution in [0, 0.1) is 23.7 Å². The molecule has 0 spiro atoms. The van der Waals surface area contributed by atoms with Crippen molar-refractivity contribution in [1.82, 2.24) is 4.90 Å². The Morgan fingerprint density at radius 1 is 0.846 bits per heavy atom. The van der Waals surface area contributed by atoms with Gasteiger partial charge in [0.15, 0.2) is 12.6 Å². The molecule has 4 N–H and O–H groups in total. The van der Waals surface area contributed by atoms with Gasteiger partial charge in [-0.2, -0.15) is 0 Å². The number of hydrogen-bond acceptors (Lipinski definition) is 14. The minimum Gasteiger partial charge on any atom is -0.459 e. The molecule has 0 aromatic carbocycles. The van der Waals surface area contributed by atoms with Crippen molar-refractivity contribution in [2.45, 2.75) is 179 Å². The second-order valence-electron chi connectivity index (χ2n) is 16.6. The number of likely N-dealkylation sites (N-methyl/N-ethyl adjacent to an activating group) is 1. The third-order valence-corrected chi connectivity index (χ3v) is 12.3. The molecule has 3 heterocycles. The highest BCUT2D eigenvalue weighted by Crippen LogP contribution is 2.41. The Hall–Kier alpha value is -1.30. The molecule has 52 heavy (non-hydrogen) atoms. The van der Waals surface area contributed by atoms with Gasteiger partial charge in [0.2, 0.25) is 0 Å². The first-order valence-electron chi connectivity index (χ1n) is 18.9. The number of hydrogen-bond donors (Lipinski definition) is 4. The fourth-order valence-electron chi connectivity index (χ4n) is 8.58. The van der Waals surface area contributed by atoms with E-state index in [1.165, 1.54) is 21.1 Å². The highest BCUT2D eigenvalue weighted by atomic mass is 16.7. The van der Waals surface area contributed by atoms with Crippen LogP contribution in [0.1, 0.15) is 94.9 Å². The van der Waals surface area contributed by atoms with E-state index in [2.05, 4.69) is 0 Å². The third-order valence-electron chi connectivity index (χ3n) is 12.3. The van der Waals surface area contributed by atoms with Crippen LogP contribution in [0.2, 0.25) is 0 Å². The smallest absolute Gasteiger partial charge is 0.311 e. The van der Waals surface area contributed by atoms with Gasteiger partial charge in [-0.3, -0.25) is 9.59 Å². The van der Waals surface area contributed by atoms with Gasteiger partial charge in [0, 0.05) is 44.4 Å². The van der Waals surface area contributed by atoms with Crippen molar-refractivity contribution < 1.29 is 63.2 Å². The summed E-state index contributed by atoms with van der Waals surface area (Å²) in [7, 11) is 6.77. The van der Waals surface area contributed by atoms with Gasteiger partial charge in [-0.05, 0) is 74.9 Å². The number of ketones is 1. The van der Waals surface area contributed by atoms with E-state index in [0.29, 0.717) is 6.42 Å². The van der Waals surface area contributed by atoms with Crippen LogP contribution in [0.25, 0.3) is 0 Å². The summed E-state index contributed by atoms with van der Waals surface area (Å²) in [6.45, 7) is 17.1. The second kappa shape index (κ2) is 17.7. The summed E-state index contributed by atoms with van der Waals surface area (Å²) >= 11 is 0. The molecule has 0 radical (unpaired) electrons. The molecule has 0 aliphatic carbocycles. The molecule has 3 fully saturated rings. The van der Waals surface area contributed by atoms with E-state index in [9.17, 15) is 30.0 Å². The fourth-order valence-corrected chi connectivity index (χ4v) is 8.58. The Labute approximate surface area is 310 Å². The van der Waals surface area contributed by atoms with Crippen LogP contribution in [-0.2, 0) is 42.7 Å². The first-order valence-corrected chi connectivity index (χ1v) is 18.9. The van der Waals surface area contributed by atoms with Crippen molar-refractivity contribution >= 4 is 11.8 Å². The number of aliphatic hydroxyl groups excluding tert-OH is 3. The van der Waals surface area contributed by atoms with Crippen molar-refractivity contribution in [3.8, 4) is 0 Å². The van der Waals surface area contributed by atoms with Crippen LogP contribution in [0.3, 0.4) is 0 Å². The molecule has 304 valence electrons. The number of carbonyl (C=O) groups excluding carboxylic acids is 2. The molecule has 1 unspecified atom stereocenters. The zero-order valence-corrected chi connectivity index (χ0v) is 33.9. The number of rotatable bonds is 8. The number of Topliss-reactive ketones (excluding diaryl/α,β-unsaturated/α-hetero) is 1. The molecule has 0 aromatic heterocycles. The van der Waals surface area contributed by atoms with Crippen LogP contribution in [0.5, 0.6) is 0 Å². The predicted molar refractivity (Wildman–Crippen MR) is 191 cm³/mol. The van der Waals surface area contributed by atoms with Gasteiger partial charge >= 0.3 is 5.97 Å².